The summed E-state index contributed by atoms with van der Waals surface area (Å²) in [5, 5.41) is 11.7. The molecule has 2 fully saturated rings. The van der Waals surface area contributed by atoms with Gasteiger partial charge in [-0.15, -0.1) is 11.8 Å². The van der Waals surface area contributed by atoms with Gasteiger partial charge in [-0.25, -0.2) is 4.79 Å². The lowest BCUT2D eigenvalue weighted by atomic mass is 9.97. The number of aliphatic carboxylic acids is 1. The van der Waals surface area contributed by atoms with Crippen LogP contribution in [0.25, 0.3) is 0 Å². The Hall–Kier alpha value is -1.24. The molecule has 0 aromatic heterocycles. The Kier molecular flexibility index (Phi) is 3.79. The van der Waals surface area contributed by atoms with Crippen LogP contribution in [-0.4, -0.2) is 51.5 Å². The average Bonchev–Trinajstić information content (AvgIpc) is 2.71. The minimum absolute atomic E-state index is 0.0438. The van der Waals surface area contributed by atoms with Crippen molar-refractivity contribution in [1.82, 2.24) is 10.2 Å². The highest BCUT2D eigenvalue weighted by Crippen LogP contribution is 2.31. The molecular formula is C11H16N2O4S. The number of nitrogens with zero attached hydrogens (tertiary/aromatic N) is 1. The Morgan fingerprint density at radius 3 is 2.78 bits per heavy atom. The zero-order chi connectivity index (χ0) is 13.3. The number of piperidine rings is 1. The molecule has 18 heavy (non-hydrogen) atoms. The minimum Gasteiger partial charge on any atom is -0.480 e. The molecule has 100 valence electrons. The Balaban J connectivity index is 2.07. The van der Waals surface area contributed by atoms with Crippen LogP contribution in [-0.2, 0) is 14.4 Å². The maximum atomic E-state index is 12.3. The van der Waals surface area contributed by atoms with Crippen LogP contribution < -0.4 is 5.32 Å². The Labute approximate surface area is 109 Å². The molecule has 2 amide bonds. The van der Waals surface area contributed by atoms with Gasteiger partial charge in [0.25, 0.3) is 0 Å². The van der Waals surface area contributed by atoms with E-state index in [2.05, 4.69) is 5.32 Å². The number of carboxylic acid groups (broad SMARTS) is 1. The van der Waals surface area contributed by atoms with E-state index in [1.54, 1.807) is 0 Å². The predicted molar refractivity (Wildman–Crippen MR) is 65.9 cm³/mol. The summed E-state index contributed by atoms with van der Waals surface area (Å²) in [5.74, 6) is -1.01. The maximum absolute atomic E-state index is 12.3. The molecule has 0 saturated carbocycles. The Morgan fingerprint density at radius 2 is 2.22 bits per heavy atom. The fourth-order valence-electron chi connectivity index (χ4n) is 2.32. The zero-order valence-electron chi connectivity index (χ0n) is 10.1. The quantitative estimate of drug-likeness (QED) is 0.732. The molecule has 6 nitrogen and oxygen atoms in total. The number of carboxylic acids is 1. The van der Waals surface area contributed by atoms with Crippen LogP contribution in [0.15, 0.2) is 0 Å². The summed E-state index contributed by atoms with van der Waals surface area (Å²) in [7, 11) is 0. The fraction of sp³-hybridized carbons (Fsp3) is 0.727. The third kappa shape index (κ3) is 2.45. The van der Waals surface area contributed by atoms with Gasteiger partial charge in [0.2, 0.25) is 11.8 Å². The van der Waals surface area contributed by atoms with Crippen LogP contribution in [0.1, 0.15) is 19.8 Å². The number of hydrogen-bond acceptors (Lipinski definition) is 4. The number of thioether (sulfide) groups is 1. The molecule has 7 heteroatoms. The summed E-state index contributed by atoms with van der Waals surface area (Å²) in [6.45, 7) is 2.16. The first-order valence-electron chi connectivity index (χ1n) is 5.94. The van der Waals surface area contributed by atoms with Gasteiger partial charge in [-0.05, 0) is 13.3 Å². The van der Waals surface area contributed by atoms with Crippen LogP contribution >= 0.6 is 11.8 Å². The molecule has 0 aliphatic carbocycles. The molecule has 0 bridgehead atoms. The van der Waals surface area contributed by atoms with Gasteiger partial charge in [-0.2, -0.15) is 0 Å². The lowest BCUT2D eigenvalue weighted by molar-refractivity contribution is -0.151. The molecule has 0 aromatic carbocycles. The SMILES string of the molecule is CC1SCC(C(=O)O)N1C(=O)C1CCC(=O)NC1. The van der Waals surface area contributed by atoms with Gasteiger partial charge >= 0.3 is 5.97 Å². The summed E-state index contributed by atoms with van der Waals surface area (Å²) in [4.78, 5) is 36.0. The van der Waals surface area contributed by atoms with Crippen molar-refractivity contribution in [3.05, 3.63) is 0 Å². The van der Waals surface area contributed by atoms with E-state index in [4.69, 9.17) is 5.11 Å². The van der Waals surface area contributed by atoms with Gasteiger partial charge in [0.05, 0.1) is 11.3 Å². The highest BCUT2D eigenvalue weighted by molar-refractivity contribution is 8.00. The lowest BCUT2D eigenvalue weighted by Gasteiger charge is -2.31. The van der Waals surface area contributed by atoms with Crippen LogP contribution in [0.5, 0.6) is 0 Å². The molecule has 2 heterocycles. The van der Waals surface area contributed by atoms with Crippen LogP contribution in [0.2, 0.25) is 0 Å². The van der Waals surface area contributed by atoms with Gasteiger partial charge in [0, 0.05) is 18.7 Å². The largest absolute Gasteiger partial charge is 0.480 e. The van der Waals surface area contributed by atoms with Crippen molar-refractivity contribution >= 4 is 29.5 Å². The number of carbonyl (C=O) groups excluding carboxylic acids is 2. The van der Waals surface area contributed by atoms with E-state index in [0.717, 1.165) is 0 Å². The number of rotatable bonds is 2. The maximum Gasteiger partial charge on any atom is 0.327 e. The van der Waals surface area contributed by atoms with Crippen molar-refractivity contribution < 1.29 is 19.5 Å². The topological polar surface area (TPSA) is 86.7 Å². The second kappa shape index (κ2) is 5.17. The highest BCUT2D eigenvalue weighted by atomic mass is 32.2. The molecule has 2 aliphatic rings. The Morgan fingerprint density at radius 1 is 1.50 bits per heavy atom. The average molecular weight is 272 g/mol. The van der Waals surface area contributed by atoms with E-state index in [0.29, 0.717) is 25.1 Å². The molecule has 3 unspecified atom stereocenters. The normalized spacial score (nSPS) is 32.2. The lowest BCUT2D eigenvalue weighted by Crippen LogP contribution is -2.50. The van der Waals surface area contributed by atoms with Crippen LogP contribution in [0, 0.1) is 5.92 Å². The van der Waals surface area contributed by atoms with Crippen molar-refractivity contribution in [1.29, 1.82) is 0 Å². The van der Waals surface area contributed by atoms with Gasteiger partial charge in [0.15, 0.2) is 0 Å². The molecule has 2 aliphatic heterocycles. The van der Waals surface area contributed by atoms with E-state index in [9.17, 15) is 14.4 Å². The molecule has 2 rings (SSSR count). The minimum atomic E-state index is -0.958. The van der Waals surface area contributed by atoms with Crippen molar-refractivity contribution in [2.75, 3.05) is 12.3 Å². The third-order valence-electron chi connectivity index (χ3n) is 3.38. The Bertz CT molecular complexity index is 377. The van der Waals surface area contributed by atoms with E-state index in [1.807, 2.05) is 6.92 Å². The summed E-state index contributed by atoms with van der Waals surface area (Å²) >= 11 is 1.47. The van der Waals surface area contributed by atoms with Crippen molar-refractivity contribution in [2.24, 2.45) is 5.92 Å². The first kappa shape index (κ1) is 13.2. The molecule has 0 aromatic rings. The first-order chi connectivity index (χ1) is 8.50. The standard InChI is InChI=1S/C11H16N2O4S/c1-6-13(8(5-18-6)11(16)17)10(15)7-2-3-9(14)12-4-7/h6-8H,2-5H2,1H3,(H,12,14)(H,16,17). The first-order valence-corrected chi connectivity index (χ1v) is 6.99. The number of hydrogen-bond donors (Lipinski definition) is 2. The molecule has 0 spiro atoms. The van der Waals surface area contributed by atoms with Crippen molar-refractivity contribution in [3.63, 3.8) is 0 Å². The van der Waals surface area contributed by atoms with Gasteiger partial charge in [-0.1, -0.05) is 0 Å². The van der Waals surface area contributed by atoms with E-state index in [1.165, 1.54) is 16.7 Å². The zero-order valence-corrected chi connectivity index (χ0v) is 10.9. The number of amides is 2. The van der Waals surface area contributed by atoms with E-state index < -0.39 is 12.0 Å². The molecule has 2 saturated heterocycles. The summed E-state index contributed by atoms with van der Waals surface area (Å²) in [6, 6.07) is -0.741. The molecular weight excluding hydrogens is 256 g/mol. The molecule has 0 radical (unpaired) electrons. The molecule has 3 atom stereocenters. The van der Waals surface area contributed by atoms with Crippen LogP contribution in [0.4, 0.5) is 0 Å². The van der Waals surface area contributed by atoms with Crippen LogP contribution in [0.3, 0.4) is 0 Å². The number of nitrogens with one attached hydrogen (secondary N) is 1. The summed E-state index contributed by atoms with van der Waals surface area (Å²) in [5.41, 5.74) is 0. The summed E-state index contributed by atoms with van der Waals surface area (Å²) in [6.07, 6.45) is 0.842. The van der Waals surface area contributed by atoms with Gasteiger partial charge in [-0.3, -0.25) is 9.59 Å². The number of carbonyl (C=O) groups is 3. The highest BCUT2D eigenvalue weighted by Gasteiger charge is 2.42. The summed E-state index contributed by atoms with van der Waals surface area (Å²) < 4.78 is 0. The predicted octanol–water partition coefficient (Wildman–Crippen LogP) is -0.113. The second-order valence-electron chi connectivity index (χ2n) is 4.57. The van der Waals surface area contributed by atoms with E-state index in [-0.39, 0.29) is 23.1 Å². The van der Waals surface area contributed by atoms with Crippen molar-refractivity contribution in [2.45, 2.75) is 31.2 Å². The van der Waals surface area contributed by atoms with Gasteiger partial charge in [0.1, 0.15) is 6.04 Å². The fourth-order valence-corrected chi connectivity index (χ4v) is 3.50. The molecule has 2 N–H and O–H groups in total. The monoisotopic (exact) mass is 272 g/mol. The smallest absolute Gasteiger partial charge is 0.327 e. The third-order valence-corrected chi connectivity index (χ3v) is 4.59. The van der Waals surface area contributed by atoms with Gasteiger partial charge < -0.3 is 15.3 Å². The van der Waals surface area contributed by atoms with Crippen molar-refractivity contribution in [3.8, 4) is 0 Å². The second-order valence-corrected chi connectivity index (χ2v) is 5.92. The van der Waals surface area contributed by atoms with E-state index >= 15 is 0 Å².